The molecule has 1 N–H and O–H groups in total. The van der Waals surface area contributed by atoms with Crippen molar-refractivity contribution in [3.05, 3.63) is 52.8 Å². The van der Waals surface area contributed by atoms with Gasteiger partial charge in [0.25, 0.3) is 0 Å². The fraction of sp³-hybridized carbons (Fsp3) is 0.438. The molecule has 0 aliphatic carbocycles. The molecule has 0 aliphatic rings. The number of aryl methyl sites for hydroxylation is 2. The summed E-state index contributed by atoms with van der Waals surface area (Å²) >= 11 is 0. The minimum atomic E-state index is 0.386. The molecule has 0 spiro atoms. The molecule has 0 amide bonds. The number of nitrogens with zero attached hydrogens (tertiary/aromatic N) is 2. The Hall–Kier alpha value is -1.61. The Morgan fingerprint density at radius 1 is 1.32 bits per heavy atom. The highest BCUT2D eigenvalue weighted by atomic mass is 15.2. The molecule has 1 heterocycles. The summed E-state index contributed by atoms with van der Waals surface area (Å²) in [6.45, 7) is 7.57. The van der Waals surface area contributed by atoms with Crippen LogP contribution in [0.1, 0.15) is 35.2 Å². The number of benzene rings is 1. The van der Waals surface area contributed by atoms with Crippen LogP contribution in [0.15, 0.2) is 30.6 Å². The molecular weight excluding hydrogens is 234 g/mol. The summed E-state index contributed by atoms with van der Waals surface area (Å²) in [5.41, 5.74) is 5.43. The lowest BCUT2D eigenvalue weighted by atomic mass is 9.98. The first-order valence-electron chi connectivity index (χ1n) is 6.85. The van der Waals surface area contributed by atoms with Crippen LogP contribution in [-0.2, 0) is 13.5 Å². The maximum Gasteiger partial charge on any atom is 0.0522 e. The standard InChI is InChI=1S/C16H23N3/c1-12-6-5-7-16(13(12)2)14(3)17-9-8-15-10-18-19(4)11-15/h5-7,10-11,14,17H,8-9H2,1-4H3/t14-/m0/s1. The Labute approximate surface area is 115 Å². The summed E-state index contributed by atoms with van der Waals surface area (Å²) in [4.78, 5) is 0. The smallest absolute Gasteiger partial charge is 0.0522 e. The van der Waals surface area contributed by atoms with Crippen molar-refractivity contribution in [1.29, 1.82) is 0 Å². The molecule has 3 nitrogen and oxygen atoms in total. The summed E-state index contributed by atoms with van der Waals surface area (Å²) in [6, 6.07) is 6.90. The van der Waals surface area contributed by atoms with E-state index in [0.29, 0.717) is 6.04 Å². The van der Waals surface area contributed by atoms with Crippen LogP contribution in [0.2, 0.25) is 0 Å². The van der Waals surface area contributed by atoms with Gasteiger partial charge < -0.3 is 5.32 Å². The highest BCUT2D eigenvalue weighted by molar-refractivity contribution is 5.35. The van der Waals surface area contributed by atoms with E-state index in [4.69, 9.17) is 0 Å². The predicted octanol–water partition coefficient (Wildman–Crippen LogP) is 2.93. The summed E-state index contributed by atoms with van der Waals surface area (Å²) in [7, 11) is 1.95. The molecule has 0 bridgehead atoms. The van der Waals surface area contributed by atoms with E-state index in [0.717, 1.165) is 13.0 Å². The van der Waals surface area contributed by atoms with Gasteiger partial charge >= 0.3 is 0 Å². The highest BCUT2D eigenvalue weighted by Gasteiger charge is 2.08. The molecule has 1 aromatic heterocycles. The zero-order valence-electron chi connectivity index (χ0n) is 12.3. The van der Waals surface area contributed by atoms with Gasteiger partial charge in [0.2, 0.25) is 0 Å². The molecule has 3 heteroatoms. The molecule has 2 aromatic rings. The van der Waals surface area contributed by atoms with E-state index < -0.39 is 0 Å². The van der Waals surface area contributed by atoms with E-state index in [2.05, 4.69) is 55.6 Å². The first-order valence-corrected chi connectivity index (χ1v) is 6.85. The maximum atomic E-state index is 4.19. The first kappa shape index (κ1) is 13.8. The van der Waals surface area contributed by atoms with Crippen LogP contribution in [0.5, 0.6) is 0 Å². The lowest BCUT2D eigenvalue weighted by Gasteiger charge is -2.17. The van der Waals surface area contributed by atoms with Crippen LogP contribution in [-0.4, -0.2) is 16.3 Å². The van der Waals surface area contributed by atoms with Crippen LogP contribution in [0.3, 0.4) is 0 Å². The molecule has 1 atom stereocenters. The fourth-order valence-corrected chi connectivity index (χ4v) is 2.39. The second kappa shape index (κ2) is 6.02. The van der Waals surface area contributed by atoms with E-state index >= 15 is 0 Å². The molecule has 102 valence electrons. The number of hydrogen-bond acceptors (Lipinski definition) is 2. The lowest BCUT2D eigenvalue weighted by molar-refractivity contribution is 0.574. The number of nitrogens with one attached hydrogen (secondary N) is 1. The number of aromatic nitrogens is 2. The summed E-state index contributed by atoms with van der Waals surface area (Å²) < 4.78 is 1.85. The molecule has 0 aliphatic heterocycles. The molecule has 0 saturated carbocycles. The number of hydrogen-bond donors (Lipinski definition) is 1. The Kier molecular flexibility index (Phi) is 4.38. The van der Waals surface area contributed by atoms with Gasteiger partial charge in [-0.25, -0.2) is 0 Å². The van der Waals surface area contributed by atoms with Crippen molar-refractivity contribution in [3.63, 3.8) is 0 Å². The van der Waals surface area contributed by atoms with Crippen molar-refractivity contribution in [2.75, 3.05) is 6.54 Å². The Morgan fingerprint density at radius 3 is 2.79 bits per heavy atom. The van der Waals surface area contributed by atoms with Crippen molar-refractivity contribution < 1.29 is 0 Å². The SMILES string of the molecule is Cc1cccc([C@H](C)NCCc2cnn(C)c2)c1C. The van der Waals surface area contributed by atoms with Gasteiger partial charge in [0.15, 0.2) is 0 Å². The molecule has 19 heavy (non-hydrogen) atoms. The predicted molar refractivity (Wildman–Crippen MR) is 79.2 cm³/mol. The third kappa shape index (κ3) is 3.44. The van der Waals surface area contributed by atoms with Crippen LogP contribution >= 0.6 is 0 Å². The van der Waals surface area contributed by atoms with Crippen LogP contribution < -0.4 is 5.32 Å². The summed E-state index contributed by atoms with van der Waals surface area (Å²) in [5.74, 6) is 0. The maximum absolute atomic E-state index is 4.19. The third-order valence-corrected chi connectivity index (χ3v) is 3.74. The van der Waals surface area contributed by atoms with Crippen LogP contribution in [0.4, 0.5) is 0 Å². The Morgan fingerprint density at radius 2 is 2.11 bits per heavy atom. The lowest BCUT2D eigenvalue weighted by Crippen LogP contribution is -2.22. The van der Waals surface area contributed by atoms with Crippen LogP contribution in [0, 0.1) is 13.8 Å². The van der Waals surface area contributed by atoms with Gasteiger partial charge in [0.1, 0.15) is 0 Å². The zero-order chi connectivity index (χ0) is 13.8. The molecule has 0 radical (unpaired) electrons. The molecule has 0 fully saturated rings. The molecule has 2 rings (SSSR count). The topological polar surface area (TPSA) is 29.9 Å². The van der Waals surface area contributed by atoms with Crippen molar-refractivity contribution >= 4 is 0 Å². The van der Waals surface area contributed by atoms with Crippen LogP contribution in [0.25, 0.3) is 0 Å². The van der Waals surface area contributed by atoms with Gasteiger partial charge in [-0.05, 0) is 56.0 Å². The number of rotatable bonds is 5. The van der Waals surface area contributed by atoms with Crippen molar-refractivity contribution in [2.45, 2.75) is 33.2 Å². The second-order valence-corrected chi connectivity index (χ2v) is 5.24. The third-order valence-electron chi connectivity index (χ3n) is 3.74. The molecule has 0 saturated heterocycles. The van der Waals surface area contributed by atoms with Gasteiger partial charge in [0, 0.05) is 19.3 Å². The van der Waals surface area contributed by atoms with Gasteiger partial charge in [-0.3, -0.25) is 4.68 Å². The Balaban J connectivity index is 1.90. The van der Waals surface area contributed by atoms with Gasteiger partial charge in [0.05, 0.1) is 6.20 Å². The average Bonchev–Trinajstić information content (AvgIpc) is 2.78. The van der Waals surface area contributed by atoms with E-state index in [-0.39, 0.29) is 0 Å². The normalized spacial score (nSPS) is 12.6. The van der Waals surface area contributed by atoms with Crippen molar-refractivity contribution in [1.82, 2.24) is 15.1 Å². The molecule has 1 aromatic carbocycles. The van der Waals surface area contributed by atoms with Crippen molar-refractivity contribution in [3.8, 4) is 0 Å². The van der Waals surface area contributed by atoms with Gasteiger partial charge in [-0.1, -0.05) is 18.2 Å². The quantitative estimate of drug-likeness (QED) is 0.892. The van der Waals surface area contributed by atoms with Gasteiger partial charge in [-0.15, -0.1) is 0 Å². The monoisotopic (exact) mass is 257 g/mol. The highest BCUT2D eigenvalue weighted by Crippen LogP contribution is 2.19. The van der Waals surface area contributed by atoms with E-state index in [1.165, 1.54) is 22.3 Å². The zero-order valence-corrected chi connectivity index (χ0v) is 12.3. The van der Waals surface area contributed by atoms with Gasteiger partial charge in [-0.2, -0.15) is 5.10 Å². The first-order chi connectivity index (χ1) is 9.08. The fourth-order valence-electron chi connectivity index (χ4n) is 2.39. The minimum absolute atomic E-state index is 0.386. The van der Waals surface area contributed by atoms with E-state index in [1.54, 1.807) is 0 Å². The molecule has 0 unspecified atom stereocenters. The van der Waals surface area contributed by atoms with E-state index in [1.807, 2.05) is 17.9 Å². The average molecular weight is 257 g/mol. The minimum Gasteiger partial charge on any atom is -0.310 e. The van der Waals surface area contributed by atoms with E-state index in [9.17, 15) is 0 Å². The summed E-state index contributed by atoms with van der Waals surface area (Å²) in [5, 5.41) is 7.77. The van der Waals surface area contributed by atoms with Crippen molar-refractivity contribution in [2.24, 2.45) is 7.05 Å². The Bertz CT molecular complexity index is 543. The summed E-state index contributed by atoms with van der Waals surface area (Å²) in [6.07, 6.45) is 5.03. The largest absolute Gasteiger partial charge is 0.310 e. The molecular formula is C16H23N3. The second-order valence-electron chi connectivity index (χ2n) is 5.24.